The van der Waals surface area contributed by atoms with Crippen LogP contribution in [0.3, 0.4) is 0 Å². The molecule has 88 valence electrons. The van der Waals surface area contributed by atoms with Crippen LogP contribution in [0.2, 0.25) is 0 Å². The summed E-state index contributed by atoms with van der Waals surface area (Å²) in [5, 5.41) is 2.40. The highest BCUT2D eigenvalue weighted by atomic mass is 16.5. The first-order valence-corrected chi connectivity index (χ1v) is 4.43. The molecule has 6 nitrogen and oxygen atoms in total. The molecule has 0 atom stereocenters. The SMILES string of the molecule is C=CC(=O)OCCNC(=O)/C=C/C(=O)OC. The van der Waals surface area contributed by atoms with Gasteiger partial charge in [0.05, 0.1) is 13.7 Å². The predicted octanol–water partition coefficient (Wildman–Crippen LogP) is -0.439. The van der Waals surface area contributed by atoms with Crippen LogP contribution in [0.25, 0.3) is 0 Å². The summed E-state index contributed by atoms with van der Waals surface area (Å²) in [6.07, 6.45) is 3.05. The first-order chi connectivity index (χ1) is 7.60. The lowest BCUT2D eigenvalue weighted by molar-refractivity contribution is -0.138. The number of esters is 2. The summed E-state index contributed by atoms with van der Waals surface area (Å²) >= 11 is 0. The van der Waals surface area contributed by atoms with Crippen LogP contribution in [0.4, 0.5) is 0 Å². The van der Waals surface area contributed by atoms with Crippen LogP contribution >= 0.6 is 0 Å². The number of hydrogen-bond donors (Lipinski definition) is 1. The highest BCUT2D eigenvalue weighted by Gasteiger charge is 1.98. The van der Waals surface area contributed by atoms with Crippen LogP contribution < -0.4 is 5.32 Å². The number of rotatable bonds is 6. The van der Waals surface area contributed by atoms with Crippen LogP contribution in [0.5, 0.6) is 0 Å². The van der Waals surface area contributed by atoms with E-state index in [0.29, 0.717) is 0 Å². The van der Waals surface area contributed by atoms with Gasteiger partial charge in [-0.15, -0.1) is 0 Å². The van der Waals surface area contributed by atoms with Crippen molar-refractivity contribution in [2.24, 2.45) is 0 Å². The molecule has 0 aliphatic rings. The minimum Gasteiger partial charge on any atom is -0.466 e. The van der Waals surface area contributed by atoms with E-state index in [2.05, 4.69) is 21.4 Å². The zero-order valence-electron chi connectivity index (χ0n) is 8.89. The molecule has 0 heterocycles. The summed E-state index contributed by atoms with van der Waals surface area (Å²) in [5.74, 6) is -1.65. The summed E-state index contributed by atoms with van der Waals surface area (Å²) in [7, 11) is 1.21. The fourth-order valence-corrected chi connectivity index (χ4v) is 0.655. The molecule has 0 spiro atoms. The average molecular weight is 227 g/mol. The van der Waals surface area contributed by atoms with Crippen molar-refractivity contribution in [1.82, 2.24) is 5.32 Å². The summed E-state index contributed by atoms with van der Waals surface area (Å²) < 4.78 is 8.89. The lowest BCUT2D eigenvalue weighted by Crippen LogP contribution is -2.26. The standard InChI is InChI=1S/C10H13NO5/c1-3-9(13)16-7-6-11-8(12)4-5-10(14)15-2/h3-5H,1,6-7H2,2H3,(H,11,12)/b5-4+. The first-order valence-electron chi connectivity index (χ1n) is 4.43. The van der Waals surface area contributed by atoms with Gasteiger partial charge < -0.3 is 14.8 Å². The molecule has 0 saturated carbocycles. The van der Waals surface area contributed by atoms with E-state index < -0.39 is 17.8 Å². The summed E-state index contributed by atoms with van der Waals surface area (Å²) in [4.78, 5) is 32.2. The summed E-state index contributed by atoms with van der Waals surface area (Å²) in [5.41, 5.74) is 0. The van der Waals surface area contributed by atoms with Crippen LogP contribution in [0, 0.1) is 0 Å². The van der Waals surface area contributed by atoms with Crippen molar-refractivity contribution in [1.29, 1.82) is 0 Å². The van der Waals surface area contributed by atoms with Gasteiger partial charge in [0.25, 0.3) is 0 Å². The Morgan fingerprint density at radius 1 is 1.25 bits per heavy atom. The molecule has 0 aromatic carbocycles. The molecular formula is C10H13NO5. The van der Waals surface area contributed by atoms with Crippen molar-refractivity contribution >= 4 is 17.8 Å². The Bertz CT molecular complexity index is 308. The molecule has 1 amide bonds. The van der Waals surface area contributed by atoms with Crippen molar-refractivity contribution in [3.8, 4) is 0 Å². The maximum Gasteiger partial charge on any atom is 0.330 e. The van der Waals surface area contributed by atoms with Gasteiger partial charge in [-0.2, -0.15) is 0 Å². The zero-order chi connectivity index (χ0) is 12.4. The van der Waals surface area contributed by atoms with Gasteiger partial charge in [0.15, 0.2) is 0 Å². The van der Waals surface area contributed by atoms with Gasteiger partial charge in [-0.05, 0) is 0 Å². The van der Waals surface area contributed by atoms with E-state index in [-0.39, 0.29) is 13.2 Å². The van der Waals surface area contributed by atoms with Gasteiger partial charge in [0.2, 0.25) is 5.91 Å². The number of amides is 1. The van der Waals surface area contributed by atoms with E-state index >= 15 is 0 Å². The van der Waals surface area contributed by atoms with Crippen LogP contribution in [-0.4, -0.2) is 38.1 Å². The molecule has 0 aliphatic carbocycles. The van der Waals surface area contributed by atoms with E-state index in [0.717, 1.165) is 18.2 Å². The lowest BCUT2D eigenvalue weighted by Gasteiger charge is -2.02. The molecule has 1 N–H and O–H groups in total. The maximum absolute atomic E-state index is 11.0. The van der Waals surface area contributed by atoms with E-state index in [9.17, 15) is 14.4 Å². The third-order valence-corrected chi connectivity index (χ3v) is 1.38. The molecule has 0 rings (SSSR count). The van der Waals surface area contributed by atoms with Crippen LogP contribution in [-0.2, 0) is 23.9 Å². The second-order valence-corrected chi connectivity index (χ2v) is 2.52. The Balaban J connectivity index is 3.66. The normalized spacial score (nSPS) is 9.56. The first kappa shape index (κ1) is 13.9. The molecule has 0 fully saturated rings. The van der Waals surface area contributed by atoms with Gasteiger partial charge in [0, 0.05) is 18.2 Å². The molecule has 0 bridgehead atoms. The van der Waals surface area contributed by atoms with Crippen molar-refractivity contribution < 1.29 is 23.9 Å². The van der Waals surface area contributed by atoms with Gasteiger partial charge in [-0.3, -0.25) is 4.79 Å². The topological polar surface area (TPSA) is 81.7 Å². The number of nitrogens with one attached hydrogen (secondary N) is 1. The number of carbonyl (C=O) groups excluding carboxylic acids is 3. The quantitative estimate of drug-likeness (QED) is 0.378. The van der Waals surface area contributed by atoms with Gasteiger partial charge in [-0.1, -0.05) is 6.58 Å². The van der Waals surface area contributed by atoms with Crippen molar-refractivity contribution in [3.05, 3.63) is 24.8 Å². The van der Waals surface area contributed by atoms with Gasteiger partial charge >= 0.3 is 11.9 Å². The number of methoxy groups -OCH3 is 1. The van der Waals surface area contributed by atoms with Crippen LogP contribution in [0.15, 0.2) is 24.8 Å². The predicted molar refractivity (Wildman–Crippen MR) is 55.3 cm³/mol. The third kappa shape index (κ3) is 7.31. The molecule has 0 aromatic heterocycles. The molecule has 16 heavy (non-hydrogen) atoms. The molecule has 0 saturated heterocycles. The molecular weight excluding hydrogens is 214 g/mol. The zero-order valence-corrected chi connectivity index (χ0v) is 8.89. The third-order valence-electron chi connectivity index (χ3n) is 1.38. The van der Waals surface area contributed by atoms with E-state index in [4.69, 9.17) is 0 Å². The number of ether oxygens (including phenoxy) is 2. The van der Waals surface area contributed by atoms with E-state index in [1.54, 1.807) is 0 Å². The Morgan fingerprint density at radius 2 is 1.94 bits per heavy atom. The minimum absolute atomic E-state index is 0.0443. The Morgan fingerprint density at radius 3 is 2.50 bits per heavy atom. The largest absolute Gasteiger partial charge is 0.466 e. The highest BCUT2D eigenvalue weighted by Crippen LogP contribution is 1.80. The maximum atomic E-state index is 11.0. The Hall–Kier alpha value is -2.11. The summed E-state index contributed by atoms with van der Waals surface area (Å²) in [6, 6.07) is 0. The number of hydrogen-bond acceptors (Lipinski definition) is 5. The highest BCUT2D eigenvalue weighted by molar-refractivity contribution is 5.94. The second-order valence-electron chi connectivity index (χ2n) is 2.52. The van der Waals surface area contributed by atoms with Gasteiger partial charge in [-0.25, -0.2) is 9.59 Å². The fourth-order valence-electron chi connectivity index (χ4n) is 0.655. The van der Waals surface area contributed by atoms with Crippen LogP contribution in [0.1, 0.15) is 0 Å². The van der Waals surface area contributed by atoms with Gasteiger partial charge in [0.1, 0.15) is 6.61 Å². The van der Waals surface area contributed by atoms with E-state index in [1.807, 2.05) is 0 Å². The molecule has 0 aromatic rings. The Kier molecular flexibility index (Phi) is 7.14. The Labute approximate surface area is 92.9 Å². The van der Waals surface area contributed by atoms with Crippen molar-refractivity contribution in [2.45, 2.75) is 0 Å². The molecule has 6 heteroatoms. The van der Waals surface area contributed by atoms with Crippen molar-refractivity contribution in [2.75, 3.05) is 20.3 Å². The summed E-state index contributed by atoms with van der Waals surface area (Å²) in [6.45, 7) is 3.41. The minimum atomic E-state index is -0.617. The monoisotopic (exact) mass is 227 g/mol. The second kappa shape index (κ2) is 8.22. The molecule has 0 unspecified atom stereocenters. The fraction of sp³-hybridized carbons (Fsp3) is 0.300. The van der Waals surface area contributed by atoms with Crippen molar-refractivity contribution in [3.63, 3.8) is 0 Å². The molecule has 0 radical (unpaired) electrons. The molecule has 0 aliphatic heterocycles. The number of carbonyl (C=O) groups is 3. The lowest BCUT2D eigenvalue weighted by atomic mass is 10.4. The van der Waals surface area contributed by atoms with E-state index in [1.165, 1.54) is 7.11 Å². The average Bonchev–Trinajstić information content (AvgIpc) is 2.31. The smallest absolute Gasteiger partial charge is 0.330 e.